The van der Waals surface area contributed by atoms with E-state index in [1.165, 1.54) is 43.9 Å². The third-order valence-electron chi connectivity index (χ3n) is 4.85. The van der Waals surface area contributed by atoms with E-state index in [9.17, 15) is 0 Å². The first-order valence-electron chi connectivity index (χ1n) is 9.23. The molecule has 0 unspecified atom stereocenters. The molecule has 1 saturated heterocycles. The van der Waals surface area contributed by atoms with Gasteiger partial charge in [-0.25, -0.2) is 4.99 Å². The summed E-state index contributed by atoms with van der Waals surface area (Å²) in [5.41, 5.74) is 8.62. The minimum atomic E-state index is 0. The molecule has 25 heavy (non-hydrogen) atoms. The second kappa shape index (κ2) is 11.7. The molecule has 1 aromatic carbocycles. The number of likely N-dealkylation sites (N-methyl/N-ethyl adjacent to an activating group) is 1. The predicted octanol–water partition coefficient (Wildman–Crippen LogP) is 2.60. The number of halogens is 1. The number of piperazine rings is 1. The number of benzene rings is 1. The highest BCUT2D eigenvalue weighted by Gasteiger charge is 2.15. The summed E-state index contributed by atoms with van der Waals surface area (Å²) in [7, 11) is 0. The first kappa shape index (κ1) is 22.2. The number of nitrogens with two attached hydrogens (primary N) is 1. The zero-order valence-corrected chi connectivity index (χ0v) is 18.3. The lowest BCUT2D eigenvalue weighted by molar-refractivity contribution is 0.132. The molecule has 6 heteroatoms. The highest BCUT2D eigenvalue weighted by Crippen LogP contribution is 2.11. The minimum absolute atomic E-state index is 0. The van der Waals surface area contributed by atoms with Gasteiger partial charge in [-0.3, -0.25) is 4.90 Å². The van der Waals surface area contributed by atoms with E-state index in [1.54, 1.807) is 0 Å². The maximum Gasteiger partial charge on any atom is 0.191 e. The zero-order valence-electron chi connectivity index (χ0n) is 15.9. The van der Waals surface area contributed by atoms with Crippen molar-refractivity contribution in [3.05, 3.63) is 35.4 Å². The largest absolute Gasteiger partial charge is 0.370 e. The van der Waals surface area contributed by atoms with Gasteiger partial charge in [-0.2, -0.15) is 0 Å². The van der Waals surface area contributed by atoms with Crippen LogP contribution in [0.2, 0.25) is 0 Å². The molecule has 2 N–H and O–H groups in total. The van der Waals surface area contributed by atoms with Crippen molar-refractivity contribution in [3.63, 3.8) is 0 Å². The molecule has 1 aliphatic heterocycles. The Hall–Kier alpha value is -0.860. The van der Waals surface area contributed by atoms with Crippen LogP contribution in [-0.4, -0.2) is 66.5 Å². The minimum Gasteiger partial charge on any atom is -0.370 e. The average molecular weight is 459 g/mol. The van der Waals surface area contributed by atoms with Crippen LogP contribution in [0.25, 0.3) is 0 Å². The van der Waals surface area contributed by atoms with E-state index in [-0.39, 0.29) is 24.0 Å². The Morgan fingerprint density at radius 2 is 1.48 bits per heavy atom. The number of guanidine groups is 1. The molecule has 0 atom stereocenters. The molecule has 0 spiro atoms. The van der Waals surface area contributed by atoms with E-state index >= 15 is 0 Å². The standard InChI is InChI=1S/C19H33N5.HI/c1-4-22-11-13-23(14-12-22)16-18-9-7-17(8-10-18)15-21-19(20)24(5-2)6-3;/h7-10H,4-6,11-16H2,1-3H3,(H2,20,21);1H. The van der Waals surface area contributed by atoms with Crippen LogP contribution in [0, 0.1) is 0 Å². The number of rotatable bonds is 7. The molecule has 142 valence electrons. The molecular weight excluding hydrogens is 425 g/mol. The molecule has 0 saturated carbocycles. The third kappa shape index (κ3) is 7.11. The van der Waals surface area contributed by atoms with E-state index in [2.05, 4.69) is 64.7 Å². The van der Waals surface area contributed by atoms with Gasteiger partial charge in [-0.1, -0.05) is 31.2 Å². The molecule has 1 aliphatic rings. The van der Waals surface area contributed by atoms with Gasteiger partial charge in [-0.15, -0.1) is 24.0 Å². The first-order valence-corrected chi connectivity index (χ1v) is 9.23. The fourth-order valence-electron chi connectivity index (χ4n) is 3.09. The van der Waals surface area contributed by atoms with Gasteiger partial charge >= 0.3 is 0 Å². The second-order valence-corrected chi connectivity index (χ2v) is 6.37. The normalized spacial score (nSPS) is 16.5. The summed E-state index contributed by atoms with van der Waals surface area (Å²) in [5, 5.41) is 0. The highest BCUT2D eigenvalue weighted by atomic mass is 127. The number of nitrogens with zero attached hydrogens (tertiary/aromatic N) is 4. The Labute approximate surface area is 170 Å². The number of hydrogen-bond donors (Lipinski definition) is 1. The monoisotopic (exact) mass is 459 g/mol. The van der Waals surface area contributed by atoms with Crippen LogP contribution in [0.5, 0.6) is 0 Å². The van der Waals surface area contributed by atoms with Gasteiger partial charge < -0.3 is 15.5 Å². The maximum atomic E-state index is 6.03. The van der Waals surface area contributed by atoms with Crippen LogP contribution < -0.4 is 5.73 Å². The Bertz CT molecular complexity index is 505. The summed E-state index contributed by atoms with van der Waals surface area (Å²) < 4.78 is 0. The molecule has 0 bridgehead atoms. The SMILES string of the molecule is CCN1CCN(Cc2ccc(CN=C(N)N(CC)CC)cc2)CC1.I. The zero-order chi connectivity index (χ0) is 17.4. The van der Waals surface area contributed by atoms with Crippen LogP contribution in [0.4, 0.5) is 0 Å². The van der Waals surface area contributed by atoms with Crippen molar-refractivity contribution in [1.82, 2.24) is 14.7 Å². The van der Waals surface area contributed by atoms with Gasteiger partial charge in [0.2, 0.25) is 0 Å². The van der Waals surface area contributed by atoms with Crippen molar-refractivity contribution in [2.75, 3.05) is 45.8 Å². The summed E-state index contributed by atoms with van der Waals surface area (Å²) in [4.78, 5) is 11.6. The van der Waals surface area contributed by atoms with Gasteiger partial charge in [-0.05, 0) is 31.5 Å². The van der Waals surface area contributed by atoms with Crippen molar-refractivity contribution in [1.29, 1.82) is 0 Å². The summed E-state index contributed by atoms with van der Waals surface area (Å²) in [6.45, 7) is 15.8. The molecule has 0 amide bonds. The number of hydrogen-bond acceptors (Lipinski definition) is 3. The lowest BCUT2D eigenvalue weighted by atomic mass is 10.1. The molecule has 5 nitrogen and oxygen atoms in total. The van der Waals surface area contributed by atoms with Gasteiger partial charge in [0.05, 0.1) is 6.54 Å². The van der Waals surface area contributed by atoms with Gasteiger partial charge in [0.25, 0.3) is 0 Å². The second-order valence-electron chi connectivity index (χ2n) is 6.37. The Kier molecular flexibility index (Phi) is 10.4. The fourth-order valence-corrected chi connectivity index (χ4v) is 3.09. The molecule has 1 heterocycles. The van der Waals surface area contributed by atoms with E-state index in [1.807, 2.05) is 0 Å². The van der Waals surface area contributed by atoms with Crippen LogP contribution in [-0.2, 0) is 13.1 Å². The maximum absolute atomic E-state index is 6.03. The summed E-state index contributed by atoms with van der Waals surface area (Å²) >= 11 is 0. The van der Waals surface area contributed by atoms with Crippen molar-refractivity contribution >= 4 is 29.9 Å². The lowest BCUT2D eigenvalue weighted by Crippen LogP contribution is -2.45. The topological polar surface area (TPSA) is 48.1 Å². The van der Waals surface area contributed by atoms with Crippen molar-refractivity contribution in [3.8, 4) is 0 Å². The Morgan fingerprint density at radius 3 is 2.00 bits per heavy atom. The summed E-state index contributed by atoms with van der Waals surface area (Å²) in [5.74, 6) is 0.637. The van der Waals surface area contributed by atoms with Crippen molar-refractivity contribution in [2.45, 2.75) is 33.9 Å². The van der Waals surface area contributed by atoms with Gasteiger partial charge in [0, 0.05) is 45.8 Å². The van der Waals surface area contributed by atoms with Crippen molar-refractivity contribution < 1.29 is 0 Å². The lowest BCUT2D eigenvalue weighted by Gasteiger charge is -2.34. The highest BCUT2D eigenvalue weighted by molar-refractivity contribution is 14.0. The molecule has 0 aliphatic carbocycles. The van der Waals surface area contributed by atoms with Crippen LogP contribution >= 0.6 is 24.0 Å². The van der Waals surface area contributed by atoms with Gasteiger partial charge in [0.1, 0.15) is 0 Å². The Balaban J connectivity index is 0.00000312. The van der Waals surface area contributed by atoms with Crippen LogP contribution in [0.1, 0.15) is 31.9 Å². The Morgan fingerprint density at radius 1 is 0.960 bits per heavy atom. The first-order chi connectivity index (χ1) is 11.7. The van der Waals surface area contributed by atoms with E-state index in [4.69, 9.17) is 5.73 Å². The average Bonchev–Trinajstić information content (AvgIpc) is 2.63. The van der Waals surface area contributed by atoms with Crippen LogP contribution in [0.3, 0.4) is 0 Å². The smallest absolute Gasteiger partial charge is 0.191 e. The van der Waals surface area contributed by atoms with Gasteiger partial charge in [0.15, 0.2) is 5.96 Å². The molecule has 2 rings (SSSR count). The summed E-state index contributed by atoms with van der Waals surface area (Å²) in [6, 6.07) is 8.81. The number of aliphatic imine (C=N–C) groups is 1. The van der Waals surface area contributed by atoms with Crippen molar-refractivity contribution in [2.24, 2.45) is 10.7 Å². The molecule has 1 aromatic rings. The quantitative estimate of drug-likeness (QED) is 0.387. The van der Waals surface area contributed by atoms with E-state index in [0.29, 0.717) is 12.5 Å². The molecular formula is C19H34IN5. The van der Waals surface area contributed by atoms with Crippen LogP contribution in [0.15, 0.2) is 29.3 Å². The summed E-state index contributed by atoms with van der Waals surface area (Å²) in [6.07, 6.45) is 0. The molecule has 0 radical (unpaired) electrons. The molecule has 0 aromatic heterocycles. The van der Waals surface area contributed by atoms with E-state index in [0.717, 1.165) is 19.6 Å². The fraction of sp³-hybridized carbons (Fsp3) is 0.632. The molecule has 1 fully saturated rings. The predicted molar refractivity (Wildman–Crippen MR) is 117 cm³/mol. The third-order valence-corrected chi connectivity index (χ3v) is 4.85. The van der Waals surface area contributed by atoms with E-state index < -0.39 is 0 Å².